The standard InChI is InChI=1S/C14H19ClN6O2/c1-5-21-13(14(23)19(3)4)11(6-16-21)17-12(22)8-20-7-10(15)9(2)18-20/h6-7H,5,8H2,1-4H3,(H,17,22). The second-order valence-corrected chi connectivity index (χ2v) is 5.64. The zero-order chi connectivity index (χ0) is 17.1. The molecule has 0 bridgehead atoms. The number of carbonyl (C=O) groups excluding carboxylic acids is 2. The summed E-state index contributed by atoms with van der Waals surface area (Å²) in [5, 5.41) is 11.5. The second kappa shape index (κ2) is 6.82. The summed E-state index contributed by atoms with van der Waals surface area (Å²) in [6.07, 6.45) is 3.05. The van der Waals surface area contributed by atoms with Crippen LogP contribution in [0.1, 0.15) is 23.1 Å². The number of nitrogens with one attached hydrogen (secondary N) is 1. The maximum atomic E-state index is 12.3. The van der Waals surface area contributed by atoms with Crippen molar-refractivity contribution in [1.29, 1.82) is 0 Å². The van der Waals surface area contributed by atoms with E-state index >= 15 is 0 Å². The Balaban J connectivity index is 2.17. The number of rotatable bonds is 5. The molecule has 23 heavy (non-hydrogen) atoms. The summed E-state index contributed by atoms with van der Waals surface area (Å²) >= 11 is 5.92. The van der Waals surface area contributed by atoms with Gasteiger partial charge in [-0.15, -0.1) is 0 Å². The van der Waals surface area contributed by atoms with Gasteiger partial charge in [0.15, 0.2) is 0 Å². The molecule has 0 atom stereocenters. The highest BCUT2D eigenvalue weighted by molar-refractivity contribution is 6.31. The van der Waals surface area contributed by atoms with Crippen molar-refractivity contribution < 1.29 is 9.59 Å². The van der Waals surface area contributed by atoms with Crippen LogP contribution < -0.4 is 5.32 Å². The van der Waals surface area contributed by atoms with Gasteiger partial charge in [0.1, 0.15) is 12.2 Å². The summed E-state index contributed by atoms with van der Waals surface area (Å²) in [7, 11) is 3.30. The van der Waals surface area contributed by atoms with Crippen LogP contribution in [-0.4, -0.2) is 50.4 Å². The van der Waals surface area contributed by atoms with Crippen molar-refractivity contribution in [3.8, 4) is 0 Å². The first-order valence-electron chi connectivity index (χ1n) is 7.10. The van der Waals surface area contributed by atoms with Gasteiger partial charge in [-0.3, -0.25) is 19.0 Å². The third-order valence-electron chi connectivity index (χ3n) is 3.21. The van der Waals surface area contributed by atoms with E-state index in [1.54, 1.807) is 31.9 Å². The van der Waals surface area contributed by atoms with E-state index in [0.29, 0.717) is 28.6 Å². The fourth-order valence-electron chi connectivity index (χ4n) is 2.07. The predicted molar refractivity (Wildman–Crippen MR) is 86.5 cm³/mol. The predicted octanol–water partition coefficient (Wildman–Crippen LogP) is 1.40. The first kappa shape index (κ1) is 17.0. The molecule has 2 aromatic heterocycles. The molecule has 0 aliphatic heterocycles. The lowest BCUT2D eigenvalue weighted by molar-refractivity contribution is -0.116. The Labute approximate surface area is 139 Å². The van der Waals surface area contributed by atoms with Gasteiger partial charge >= 0.3 is 0 Å². The van der Waals surface area contributed by atoms with Crippen molar-refractivity contribution in [2.75, 3.05) is 19.4 Å². The summed E-state index contributed by atoms with van der Waals surface area (Å²) in [6, 6.07) is 0. The quantitative estimate of drug-likeness (QED) is 0.893. The molecule has 0 aliphatic rings. The number of aromatic nitrogens is 4. The molecule has 0 unspecified atom stereocenters. The summed E-state index contributed by atoms with van der Waals surface area (Å²) in [4.78, 5) is 25.9. The summed E-state index contributed by atoms with van der Waals surface area (Å²) < 4.78 is 3.00. The van der Waals surface area contributed by atoms with Gasteiger partial charge in [0, 0.05) is 26.8 Å². The van der Waals surface area contributed by atoms with Gasteiger partial charge in [-0.25, -0.2) is 0 Å². The molecule has 2 aromatic rings. The molecule has 0 fully saturated rings. The first-order chi connectivity index (χ1) is 10.8. The normalized spacial score (nSPS) is 10.7. The number of halogens is 1. The number of hydrogen-bond acceptors (Lipinski definition) is 4. The lowest BCUT2D eigenvalue weighted by atomic mass is 10.3. The Kier molecular flexibility index (Phi) is 5.05. The molecule has 2 amide bonds. The van der Waals surface area contributed by atoms with Crippen LogP contribution in [-0.2, 0) is 17.9 Å². The van der Waals surface area contributed by atoms with Gasteiger partial charge < -0.3 is 10.2 Å². The van der Waals surface area contributed by atoms with Gasteiger partial charge in [-0.05, 0) is 13.8 Å². The van der Waals surface area contributed by atoms with E-state index in [0.717, 1.165) is 0 Å². The van der Waals surface area contributed by atoms with E-state index in [1.807, 2.05) is 6.92 Å². The van der Waals surface area contributed by atoms with Crippen LogP contribution in [0.4, 0.5) is 5.69 Å². The molecule has 0 spiro atoms. The number of aryl methyl sites for hydroxylation is 2. The molecule has 0 radical (unpaired) electrons. The lowest BCUT2D eigenvalue weighted by Crippen LogP contribution is -2.27. The van der Waals surface area contributed by atoms with Crippen LogP contribution in [0.15, 0.2) is 12.4 Å². The average molecular weight is 339 g/mol. The molecule has 0 saturated heterocycles. The summed E-state index contributed by atoms with van der Waals surface area (Å²) in [6.45, 7) is 4.16. The first-order valence-corrected chi connectivity index (χ1v) is 7.48. The number of carbonyl (C=O) groups is 2. The summed E-state index contributed by atoms with van der Waals surface area (Å²) in [5.74, 6) is -0.537. The lowest BCUT2D eigenvalue weighted by Gasteiger charge is -2.13. The molecule has 0 aromatic carbocycles. The number of hydrogen-bond donors (Lipinski definition) is 1. The van der Waals surface area contributed by atoms with Gasteiger partial charge in [0.2, 0.25) is 5.91 Å². The highest BCUT2D eigenvalue weighted by Crippen LogP contribution is 2.17. The fourth-order valence-corrected chi connectivity index (χ4v) is 2.22. The smallest absolute Gasteiger partial charge is 0.273 e. The Hall–Kier alpha value is -2.35. The minimum atomic E-state index is -0.312. The summed E-state index contributed by atoms with van der Waals surface area (Å²) in [5.41, 5.74) is 1.38. The molecule has 0 saturated carbocycles. The van der Waals surface area contributed by atoms with Gasteiger partial charge in [-0.2, -0.15) is 10.2 Å². The van der Waals surface area contributed by atoms with E-state index in [9.17, 15) is 9.59 Å². The van der Waals surface area contributed by atoms with E-state index in [1.165, 1.54) is 15.8 Å². The van der Waals surface area contributed by atoms with Crippen molar-refractivity contribution in [1.82, 2.24) is 24.5 Å². The van der Waals surface area contributed by atoms with E-state index < -0.39 is 0 Å². The van der Waals surface area contributed by atoms with Crippen LogP contribution in [0.25, 0.3) is 0 Å². The molecule has 2 rings (SSSR count). The van der Waals surface area contributed by atoms with E-state index in [4.69, 9.17) is 11.6 Å². The number of nitrogens with zero attached hydrogens (tertiary/aromatic N) is 5. The third kappa shape index (κ3) is 3.70. The van der Waals surface area contributed by atoms with Crippen LogP contribution in [0.3, 0.4) is 0 Å². The molecule has 1 N–H and O–H groups in total. The highest BCUT2D eigenvalue weighted by Gasteiger charge is 2.21. The van der Waals surface area contributed by atoms with Gasteiger partial charge in [0.05, 0.1) is 22.6 Å². The topological polar surface area (TPSA) is 85.0 Å². The molecule has 0 aliphatic carbocycles. The van der Waals surface area contributed by atoms with E-state index in [2.05, 4.69) is 15.5 Å². The number of anilines is 1. The van der Waals surface area contributed by atoms with Crippen molar-refractivity contribution in [2.24, 2.45) is 0 Å². The largest absolute Gasteiger partial charge is 0.343 e. The Morgan fingerprint density at radius 2 is 2.09 bits per heavy atom. The maximum absolute atomic E-state index is 12.3. The molecule has 2 heterocycles. The number of amides is 2. The monoisotopic (exact) mass is 338 g/mol. The minimum Gasteiger partial charge on any atom is -0.343 e. The van der Waals surface area contributed by atoms with Gasteiger partial charge in [0.25, 0.3) is 5.91 Å². The van der Waals surface area contributed by atoms with Crippen LogP contribution in [0, 0.1) is 6.92 Å². The molecule has 8 nitrogen and oxygen atoms in total. The van der Waals surface area contributed by atoms with Crippen molar-refractivity contribution in [2.45, 2.75) is 26.9 Å². The fraction of sp³-hybridized carbons (Fsp3) is 0.429. The van der Waals surface area contributed by atoms with Crippen LogP contribution >= 0.6 is 11.6 Å². The third-order valence-corrected chi connectivity index (χ3v) is 3.58. The van der Waals surface area contributed by atoms with Crippen molar-refractivity contribution in [3.05, 3.63) is 28.8 Å². The Morgan fingerprint density at radius 1 is 1.39 bits per heavy atom. The minimum absolute atomic E-state index is 0.000456. The molecular formula is C14H19ClN6O2. The van der Waals surface area contributed by atoms with Crippen molar-refractivity contribution in [3.63, 3.8) is 0 Å². The zero-order valence-corrected chi connectivity index (χ0v) is 14.3. The molecule has 124 valence electrons. The molecular weight excluding hydrogens is 320 g/mol. The van der Waals surface area contributed by atoms with Crippen LogP contribution in [0.2, 0.25) is 5.02 Å². The van der Waals surface area contributed by atoms with Crippen LogP contribution in [0.5, 0.6) is 0 Å². The SMILES string of the molecule is CCn1ncc(NC(=O)Cn2cc(Cl)c(C)n2)c1C(=O)N(C)C. The molecule has 9 heteroatoms. The highest BCUT2D eigenvalue weighted by atomic mass is 35.5. The average Bonchev–Trinajstić information content (AvgIpc) is 3.01. The Bertz CT molecular complexity index is 714. The Morgan fingerprint density at radius 3 is 2.61 bits per heavy atom. The van der Waals surface area contributed by atoms with Gasteiger partial charge in [-0.1, -0.05) is 11.6 Å². The van der Waals surface area contributed by atoms with Crippen molar-refractivity contribution >= 4 is 29.1 Å². The maximum Gasteiger partial charge on any atom is 0.273 e. The van der Waals surface area contributed by atoms with E-state index in [-0.39, 0.29) is 18.4 Å². The second-order valence-electron chi connectivity index (χ2n) is 5.23. The zero-order valence-electron chi connectivity index (χ0n) is 13.5.